The predicted molar refractivity (Wildman–Crippen MR) is 65.9 cm³/mol. The molecule has 0 aliphatic rings. The summed E-state index contributed by atoms with van der Waals surface area (Å²) in [4.78, 5) is 15.7. The van der Waals surface area contributed by atoms with Gasteiger partial charge in [-0.1, -0.05) is 12.2 Å². The molecule has 0 radical (unpaired) electrons. The van der Waals surface area contributed by atoms with E-state index in [0.29, 0.717) is 23.3 Å². The number of ether oxygens (including phenoxy) is 1. The Hall–Kier alpha value is -1.95. The van der Waals surface area contributed by atoms with Crippen molar-refractivity contribution >= 4 is 34.3 Å². The zero-order chi connectivity index (χ0) is 12.4. The average molecular weight is 250 g/mol. The molecule has 0 saturated heterocycles. The maximum absolute atomic E-state index is 11.4. The van der Waals surface area contributed by atoms with Crippen LogP contribution in [0.15, 0.2) is 22.7 Å². The SMILES string of the molecule is CCOC(=O)c1cc2cc(C(N)=S)cnc2o1. The second kappa shape index (κ2) is 4.50. The summed E-state index contributed by atoms with van der Waals surface area (Å²) in [6.07, 6.45) is 1.50. The summed E-state index contributed by atoms with van der Waals surface area (Å²) in [5.41, 5.74) is 6.47. The Bertz CT molecular complexity index is 591. The van der Waals surface area contributed by atoms with Gasteiger partial charge in [0.15, 0.2) is 0 Å². The van der Waals surface area contributed by atoms with Gasteiger partial charge in [0.2, 0.25) is 11.5 Å². The quantitative estimate of drug-likeness (QED) is 0.659. The van der Waals surface area contributed by atoms with E-state index in [-0.39, 0.29) is 10.7 Å². The minimum absolute atomic E-state index is 0.120. The van der Waals surface area contributed by atoms with Crippen LogP contribution in [0.4, 0.5) is 0 Å². The summed E-state index contributed by atoms with van der Waals surface area (Å²) >= 11 is 4.84. The molecule has 0 amide bonds. The number of hydrogen-bond acceptors (Lipinski definition) is 5. The van der Waals surface area contributed by atoms with Crippen LogP contribution in [0.25, 0.3) is 11.1 Å². The average Bonchev–Trinajstić information content (AvgIpc) is 2.71. The van der Waals surface area contributed by atoms with Crippen molar-refractivity contribution < 1.29 is 13.9 Å². The van der Waals surface area contributed by atoms with Crippen molar-refractivity contribution in [3.05, 3.63) is 29.7 Å². The molecule has 6 heteroatoms. The molecule has 0 aliphatic heterocycles. The van der Waals surface area contributed by atoms with Crippen LogP contribution in [-0.2, 0) is 4.74 Å². The van der Waals surface area contributed by atoms with Crippen molar-refractivity contribution in [2.75, 3.05) is 6.61 Å². The van der Waals surface area contributed by atoms with E-state index in [1.807, 2.05) is 0 Å². The highest BCUT2D eigenvalue weighted by atomic mass is 32.1. The van der Waals surface area contributed by atoms with Crippen molar-refractivity contribution in [1.29, 1.82) is 0 Å². The van der Waals surface area contributed by atoms with Crippen LogP contribution < -0.4 is 5.73 Å². The lowest BCUT2D eigenvalue weighted by Gasteiger charge is -1.95. The molecule has 5 nitrogen and oxygen atoms in total. The van der Waals surface area contributed by atoms with Crippen LogP contribution in [0, 0.1) is 0 Å². The van der Waals surface area contributed by atoms with Crippen LogP contribution in [0.5, 0.6) is 0 Å². The number of pyridine rings is 1. The second-order valence-corrected chi connectivity index (χ2v) is 3.75. The summed E-state index contributed by atoms with van der Waals surface area (Å²) in [5, 5.41) is 0.665. The van der Waals surface area contributed by atoms with Crippen LogP contribution in [0.3, 0.4) is 0 Å². The summed E-state index contributed by atoms with van der Waals surface area (Å²) in [7, 11) is 0. The van der Waals surface area contributed by atoms with Crippen LogP contribution in [0.2, 0.25) is 0 Å². The topological polar surface area (TPSA) is 78.4 Å². The Morgan fingerprint density at radius 3 is 3.00 bits per heavy atom. The smallest absolute Gasteiger partial charge is 0.374 e. The number of fused-ring (bicyclic) bond motifs is 1. The molecule has 0 bridgehead atoms. The molecule has 0 unspecified atom stereocenters. The monoisotopic (exact) mass is 250 g/mol. The third-order valence-electron chi connectivity index (χ3n) is 2.13. The number of hydrogen-bond donors (Lipinski definition) is 1. The lowest BCUT2D eigenvalue weighted by atomic mass is 10.2. The third-order valence-corrected chi connectivity index (χ3v) is 2.37. The molecule has 2 aromatic heterocycles. The standard InChI is InChI=1S/C11H10N2O3S/c1-2-15-11(14)8-4-6-3-7(9(12)17)5-13-10(6)16-8/h3-5H,2H2,1H3,(H2,12,17). The Balaban J connectivity index is 2.43. The zero-order valence-electron chi connectivity index (χ0n) is 9.10. The highest BCUT2D eigenvalue weighted by molar-refractivity contribution is 7.80. The molecule has 2 aromatic rings. The fraction of sp³-hybridized carbons (Fsp3) is 0.182. The van der Waals surface area contributed by atoms with Crippen molar-refractivity contribution in [1.82, 2.24) is 4.98 Å². The van der Waals surface area contributed by atoms with E-state index < -0.39 is 5.97 Å². The van der Waals surface area contributed by atoms with Crippen LogP contribution in [0.1, 0.15) is 23.0 Å². The van der Waals surface area contributed by atoms with Crippen LogP contribution in [-0.4, -0.2) is 22.5 Å². The number of nitrogens with zero attached hydrogens (tertiary/aromatic N) is 1. The number of carbonyl (C=O) groups excluding carboxylic acids is 1. The predicted octanol–water partition coefficient (Wildman–Crippen LogP) is 1.64. The first-order valence-electron chi connectivity index (χ1n) is 4.98. The van der Waals surface area contributed by atoms with E-state index >= 15 is 0 Å². The van der Waals surface area contributed by atoms with Crippen molar-refractivity contribution in [3.63, 3.8) is 0 Å². The van der Waals surface area contributed by atoms with E-state index in [4.69, 9.17) is 27.1 Å². The molecule has 0 aliphatic carbocycles. The number of aromatic nitrogens is 1. The molecule has 0 aromatic carbocycles. The molecule has 0 atom stereocenters. The van der Waals surface area contributed by atoms with Gasteiger partial charge in [-0.05, 0) is 13.0 Å². The summed E-state index contributed by atoms with van der Waals surface area (Å²) < 4.78 is 10.1. The van der Waals surface area contributed by atoms with Gasteiger partial charge in [0.05, 0.1) is 6.61 Å². The first kappa shape index (κ1) is 11.5. The number of carbonyl (C=O) groups is 1. The van der Waals surface area contributed by atoms with Gasteiger partial charge in [-0.25, -0.2) is 9.78 Å². The summed E-state index contributed by atoms with van der Waals surface area (Å²) in [5.74, 6) is -0.392. The normalized spacial score (nSPS) is 10.4. The fourth-order valence-corrected chi connectivity index (χ4v) is 1.48. The lowest BCUT2D eigenvalue weighted by molar-refractivity contribution is 0.0492. The zero-order valence-corrected chi connectivity index (χ0v) is 9.91. The molecule has 2 heterocycles. The number of furan rings is 1. The minimum atomic E-state index is -0.512. The first-order valence-corrected chi connectivity index (χ1v) is 5.39. The molecule has 0 spiro atoms. The molecule has 2 N–H and O–H groups in total. The largest absolute Gasteiger partial charge is 0.460 e. The Kier molecular flexibility index (Phi) is 3.06. The maximum atomic E-state index is 11.4. The number of nitrogens with two attached hydrogens (primary N) is 1. The molecule has 2 rings (SSSR count). The molecule has 0 fully saturated rings. The minimum Gasteiger partial charge on any atom is -0.460 e. The Labute approximate surface area is 103 Å². The van der Waals surface area contributed by atoms with Gasteiger partial charge in [-0.3, -0.25) is 0 Å². The van der Waals surface area contributed by atoms with Gasteiger partial charge < -0.3 is 14.9 Å². The number of thiocarbonyl (C=S) groups is 1. The maximum Gasteiger partial charge on any atom is 0.374 e. The highest BCUT2D eigenvalue weighted by Gasteiger charge is 2.14. The molecular formula is C11H10N2O3S. The van der Waals surface area contributed by atoms with E-state index in [2.05, 4.69) is 4.98 Å². The fourth-order valence-electron chi connectivity index (χ4n) is 1.37. The van der Waals surface area contributed by atoms with Gasteiger partial charge in [0.25, 0.3) is 0 Å². The number of rotatable bonds is 3. The van der Waals surface area contributed by atoms with Gasteiger partial charge in [-0.2, -0.15) is 0 Å². The van der Waals surface area contributed by atoms with E-state index in [9.17, 15) is 4.79 Å². The lowest BCUT2D eigenvalue weighted by Crippen LogP contribution is -2.09. The van der Waals surface area contributed by atoms with Crippen molar-refractivity contribution in [2.24, 2.45) is 5.73 Å². The number of esters is 1. The molecular weight excluding hydrogens is 240 g/mol. The van der Waals surface area contributed by atoms with E-state index in [1.54, 1.807) is 19.1 Å². The van der Waals surface area contributed by atoms with Gasteiger partial charge in [-0.15, -0.1) is 0 Å². The van der Waals surface area contributed by atoms with Gasteiger partial charge in [0, 0.05) is 23.2 Å². The Morgan fingerprint density at radius 2 is 2.35 bits per heavy atom. The molecule has 0 saturated carbocycles. The van der Waals surface area contributed by atoms with Crippen LogP contribution >= 0.6 is 12.2 Å². The third kappa shape index (κ3) is 2.26. The van der Waals surface area contributed by atoms with E-state index in [0.717, 1.165) is 0 Å². The molecule has 17 heavy (non-hydrogen) atoms. The van der Waals surface area contributed by atoms with Crippen molar-refractivity contribution in [3.8, 4) is 0 Å². The van der Waals surface area contributed by atoms with Gasteiger partial charge in [0.1, 0.15) is 4.99 Å². The second-order valence-electron chi connectivity index (χ2n) is 3.31. The summed E-state index contributed by atoms with van der Waals surface area (Å²) in [6.45, 7) is 2.02. The van der Waals surface area contributed by atoms with E-state index in [1.165, 1.54) is 6.20 Å². The van der Waals surface area contributed by atoms with Gasteiger partial charge >= 0.3 is 5.97 Å². The molecule has 88 valence electrons. The first-order chi connectivity index (χ1) is 8.11. The van der Waals surface area contributed by atoms with Crippen molar-refractivity contribution in [2.45, 2.75) is 6.92 Å². The summed E-state index contributed by atoms with van der Waals surface area (Å²) in [6, 6.07) is 3.28. The highest BCUT2D eigenvalue weighted by Crippen LogP contribution is 2.19. The Morgan fingerprint density at radius 1 is 1.59 bits per heavy atom.